The van der Waals surface area contributed by atoms with Crippen LogP contribution in [0.4, 0.5) is 0 Å². The van der Waals surface area contributed by atoms with E-state index >= 15 is 0 Å². The highest BCUT2D eigenvalue weighted by atomic mass is 79.9. The van der Waals surface area contributed by atoms with Crippen molar-refractivity contribution in [3.8, 4) is 5.75 Å². The largest absolute Gasteiger partial charge is 0.493 e. The van der Waals surface area contributed by atoms with Crippen molar-refractivity contribution in [2.45, 2.75) is 43.4 Å². The monoisotopic (exact) mass is 372 g/mol. The first-order valence-corrected chi connectivity index (χ1v) is 8.56. The summed E-state index contributed by atoms with van der Waals surface area (Å²) in [5.41, 5.74) is 2.71. The summed E-state index contributed by atoms with van der Waals surface area (Å²) in [5.74, 6) is 1.91. The normalized spacial score (nSPS) is 21.4. The number of alkyl halides is 1. The van der Waals surface area contributed by atoms with E-state index in [0.29, 0.717) is 4.83 Å². The molecular formula is C15H18Br2O. The van der Waals surface area contributed by atoms with E-state index in [1.807, 2.05) is 0 Å². The van der Waals surface area contributed by atoms with Crippen LogP contribution < -0.4 is 4.74 Å². The molecule has 0 bridgehead atoms. The van der Waals surface area contributed by atoms with Crippen molar-refractivity contribution in [2.75, 3.05) is 6.61 Å². The lowest BCUT2D eigenvalue weighted by atomic mass is 9.84. The number of ether oxygens (including phenoxy) is 1. The average Bonchev–Trinajstić information content (AvgIpc) is 2.86. The highest BCUT2D eigenvalue weighted by Crippen LogP contribution is 2.46. The van der Waals surface area contributed by atoms with Crippen LogP contribution in [0.25, 0.3) is 0 Å². The van der Waals surface area contributed by atoms with Crippen LogP contribution in [0.15, 0.2) is 16.6 Å². The Morgan fingerprint density at radius 1 is 1.17 bits per heavy atom. The summed E-state index contributed by atoms with van der Waals surface area (Å²) in [6.07, 6.45) is 7.90. The standard InChI is InChI=1S/C15H18Br2O/c16-12-8-11-6-7-18-15(11)13(9-12)14(17)10-4-2-1-3-5-10/h8-10,14H,1-7H2. The molecule has 1 unspecified atom stereocenters. The Balaban J connectivity index is 1.91. The van der Waals surface area contributed by atoms with Crippen LogP contribution in [0.1, 0.15) is 48.1 Å². The molecule has 1 atom stereocenters. The molecule has 0 spiro atoms. The number of hydrogen-bond acceptors (Lipinski definition) is 1. The topological polar surface area (TPSA) is 9.23 Å². The first-order chi connectivity index (χ1) is 8.75. The van der Waals surface area contributed by atoms with Crippen molar-refractivity contribution in [3.05, 3.63) is 27.7 Å². The molecule has 0 aromatic heterocycles. The number of benzene rings is 1. The van der Waals surface area contributed by atoms with Crippen LogP contribution >= 0.6 is 31.9 Å². The zero-order valence-corrected chi connectivity index (χ0v) is 13.6. The summed E-state index contributed by atoms with van der Waals surface area (Å²) in [7, 11) is 0. The summed E-state index contributed by atoms with van der Waals surface area (Å²) in [4.78, 5) is 0.446. The maximum Gasteiger partial charge on any atom is 0.127 e. The van der Waals surface area contributed by atoms with Crippen LogP contribution in [0.3, 0.4) is 0 Å². The molecule has 1 nitrogen and oxygen atoms in total. The molecule has 0 radical (unpaired) electrons. The minimum absolute atomic E-state index is 0.446. The van der Waals surface area contributed by atoms with E-state index in [2.05, 4.69) is 44.0 Å². The first-order valence-electron chi connectivity index (χ1n) is 6.85. The number of fused-ring (bicyclic) bond motifs is 1. The fraction of sp³-hybridized carbons (Fsp3) is 0.600. The van der Waals surface area contributed by atoms with E-state index in [4.69, 9.17) is 4.74 Å². The van der Waals surface area contributed by atoms with Gasteiger partial charge in [0.25, 0.3) is 0 Å². The van der Waals surface area contributed by atoms with Crippen molar-refractivity contribution in [1.29, 1.82) is 0 Å². The van der Waals surface area contributed by atoms with Gasteiger partial charge in [-0.05, 0) is 36.5 Å². The van der Waals surface area contributed by atoms with E-state index in [1.54, 1.807) is 0 Å². The SMILES string of the molecule is Brc1cc2c(c(C(Br)C3CCCCC3)c1)OCC2. The van der Waals surface area contributed by atoms with Gasteiger partial charge in [0.05, 0.1) is 6.61 Å². The minimum atomic E-state index is 0.446. The molecule has 3 heteroatoms. The molecule has 0 amide bonds. The van der Waals surface area contributed by atoms with Gasteiger partial charge in [-0.2, -0.15) is 0 Å². The van der Waals surface area contributed by atoms with Gasteiger partial charge in [0.1, 0.15) is 5.75 Å². The molecule has 3 rings (SSSR count). The Morgan fingerprint density at radius 3 is 2.72 bits per heavy atom. The van der Waals surface area contributed by atoms with Gasteiger partial charge in [-0.3, -0.25) is 0 Å². The maximum absolute atomic E-state index is 5.85. The predicted molar refractivity (Wildman–Crippen MR) is 81.6 cm³/mol. The molecular weight excluding hydrogens is 356 g/mol. The van der Waals surface area contributed by atoms with Crippen molar-refractivity contribution in [2.24, 2.45) is 5.92 Å². The second kappa shape index (κ2) is 5.54. The van der Waals surface area contributed by atoms with E-state index in [0.717, 1.165) is 24.7 Å². The predicted octanol–water partition coefficient (Wildman–Crippen LogP) is 5.40. The van der Waals surface area contributed by atoms with Crippen LogP contribution in [-0.4, -0.2) is 6.61 Å². The Kier molecular flexibility index (Phi) is 4.00. The Hall–Kier alpha value is -0.0200. The maximum atomic E-state index is 5.85. The van der Waals surface area contributed by atoms with Crippen LogP contribution in [0.5, 0.6) is 5.75 Å². The van der Waals surface area contributed by atoms with E-state index in [9.17, 15) is 0 Å². The smallest absolute Gasteiger partial charge is 0.127 e. The Bertz CT molecular complexity index is 438. The molecule has 2 aliphatic rings. The zero-order chi connectivity index (χ0) is 12.5. The molecule has 1 heterocycles. The lowest BCUT2D eigenvalue weighted by molar-refractivity contribution is 0.333. The summed E-state index contributed by atoms with van der Waals surface area (Å²) < 4.78 is 7.03. The molecule has 0 N–H and O–H groups in total. The molecule has 18 heavy (non-hydrogen) atoms. The highest BCUT2D eigenvalue weighted by Gasteiger charge is 2.28. The van der Waals surface area contributed by atoms with Gasteiger partial charge in [0, 0.05) is 21.3 Å². The minimum Gasteiger partial charge on any atom is -0.493 e. The van der Waals surface area contributed by atoms with E-state index in [1.165, 1.54) is 47.7 Å². The van der Waals surface area contributed by atoms with Crippen molar-refractivity contribution < 1.29 is 4.74 Å². The summed E-state index contributed by atoms with van der Waals surface area (Å²) >= 11 is 7.57. The van der Waals surface area contributed by atoms with Crippen LogP contribution in [0.2, 0.25) is 0 Å². The second-order valence-electron chi connectivity index (χ2n) is 5.38. The molecule has 1 aliphatic heterocycles. The first kappa shape index (κ1) is 13.0. The number of hydrogen-bond donors (Lipinski definition) is 0. The number of rotatable bonds is 2. The highest BCUT2D eigenvalue weighted by molar-refractivity contribution is 9.10. The molecule has 0 saturated heterocycles. The summed E-state index contributed by atoms with van der Waals surface area (Å²) in [6, 6.07) is 4.44. The summed E-state index contributed by atoms with van der Waals surface area (Å²) in [5, 5.41) is 0. The van der Waals surface area contributed by atoms with Gasteiger partial charge in [-0.25, -0.2) is 0 Å². The molecule has 1 aromatic rings. The quantitative estimate of drug-likeness (QED) is 0.630. The van der Waals surface area contributed by atoms with Crippen LogP contribution in [-0.2, 0) is 6.42 Å². The number of halogens is 2. The fourth-order valence-corrected chi connectivity index (χ4v) is 4.58. The van der Waals surface area contributed by atoms with Gasteiger partial charge in [-0.15, -0.1) is 0 Å². The summed E-state index contributed by atoms with van der Waals surface area (Å²) in [6.45, 7) is 0.836. The third-order valence-corrected chi connectivity index (χ3v) is 5.84. The lowest BCUT2D eigenvalue weighted by Gasteiger charge is -2.27. The third kappa shape index (κ3) is 2.49. The lowest BCUT2D eigenvalue weighted by Crippen LogP contribution is -2.12. The van der Waals surface area contributed by atoms with E-state index in [-0.39, 0.29) is 0 Å². The Morgan fingerprint density at radius 2 is 1.94 bits per heavy atom. The van der Waals surface area contributed by atoms with Gasteiger partial charge in [0.2, 0.25) is 0 Å². The van der Waals surface area contributed by atoms with Crippen molar-refractivity contribution >= 4 is 31.9 Å². The van der Waals surface area contributed by atoms with Crippen LogP contribution in [0, 0.1) is 5.92 Å². The molecule has 1 saturated carbocycles. The fourth-order valence-electron chi connectivity index (χ4n) is 3.18. The molecule has 98 valence electrons. The van der Waals surface area contributed by atoms with Gasteiger partial charge < -0.3 is 4.74 Å². The molecule has 1 aromatic carbocycles. The Labute approximate surface area is 126 Å². The van der Waals surface area contributed by atoms with Gasteiger partial charge in [-0.1, -0.05) is 51.1 Å². The van der Waals surface area contributed by atoms with Gasteiger partial charge in [0.15, 0.2) is 0 Å². The molecule has 1 aliphatic carbocycles. The third-order valence-electron chi connectivity index (χ3n) is 4.14. The van der Waals surface area contributed by atoms with Gasteiger partial charge >= 0.3 is 0 Å². The van der Waals surface area contributed by atoms with Crippen molar-refractivity contribution in [3.63, 3.8) is 0 Å². The second-order valence-corrected chi connectivity index (χ2v) is 7.28. The zero-order valence-electron chi connectivity index (χ0n) is 10.4. The average molecular weight is 374 g/mol. The molecule has 1 fully saturated rings. The van der Waals surface area contributed by atoms with Crippen molar-refractivity contribution in [1.82, 2.24) is 0 Å². The van der Waals surface area contributed by atoms with E-state index < -0.39 is 0 Å².